The van der Waals surface area contributed by atoms with E-state index in [0.29, 0.717) is 12.8 Å². The van der Waals surface area contributed by atoms with Crippen LogP contribution < -0.4 is 4.72 Å². The molecule has 1 fully saturated rings. The van der Waals surface area contributed by atoms with Crippen molar-refractivity contribution in [3.8, 4) is 6.07 Å². The van der Waals surface area contributed by atoms with Crippen LogP contribution in [0.15, 0.2) is 0 Å². The maximum atomic E-state index is 11.9. The first-order valence-corrected chi connectivity index (χ1v) is 7.08. The van der Waals surface area contributed by atoms with E-state index in [1.807, 2.05) is 0 Å². The van der Waals surface area contributed by atoms with Crippen molar-refractivity contribution >= 4 is 16.0 Å². The molecule has 1 atom stereocenters. The van der Waals surface area contributed by atoms with Crippen molar-refractivity contribution in [2.75, 3.05) is 0 Å². The number of nitriles is 1. The van der Waals surface area contributed by atoms with Crippen LogP contribution in [0.3, 0.4) is 0 Å². The van der Waals surface area contributed by atoms with Crippen LogP contribution in [0, 0.1) is 11.3 Å². The summed E-state index contributed by atoms with van der Waals surface area (Å²) in [4.78, 5) is 11.2. The number of nitrogens with zero attached hydrogens (tertiary/aromatic N) is 1. The number of carbonyl (C=O) groups is 1. The lowest BCUT2D eigenvalue weighted by Crippen LogP contribution is -2.54. The molecular formula is C10H16N2O4S. The largest absolute Gasteiger partial charge is 0.480 e. The smallest absolute Gasteiger partial charge is 0.324 e. The normalized spacial score (nSPS) is 20.7. The van der Waals surface area contributed by atoms with Gasteiger partial charge in [0.1, 0.15) is 5.54 Å². The standard InChI is InChI=1S/C10H16N2O4S/c1-2-8(7-11)17(15,16)12-10(9(13)14)5-3-4-6-10/h8,12H,2-6H2,1H3,(H,13,14). The molecule has 1 saturated carbocycles. The number of carboxylic acids is 1. The molecule has 1 unspecified atom stereocenters. The van der Waals surface area contributed by atoms with E-state index in [2.05, 4.69) is 4.72 Å². The predicted octanol–water partition coefficient (Wildman–Crippen LogP) is 0.605. The van der Waals surface area contributed by atoms with Crippen LogP contribution in [0.25, 0.3) is 0 Å². The number of hydrogen-bond donors (Lipinski definition) is 2. The molecule has 0 heterocycles. The summed E-state index contributed by atoms with van der Waals surface area (Å²) in [6, 6.07) is 1.68. The molecule has 96 valence electrons. The Morgan fingerprint density at radius 2 is 2.06 bits per heavy atom. The summed E-state index contributed by atoms with van der Waals surface area (Å²) in [7, 11) is -3.90. The lowest BCUT2D eigenvalue weighted by molar-refractivity contribution is -0.143. The summed E-state index contributed by atoms with van der Waals surface area (Å²) in [6.07, 6.45) is 2.06. The van der Waals surface area contributed by atoms with E-state index in [1.54, 1.807) is 13.0 Å². The average molecular weight is 260 g/mol. The molecule has 0 aromatic heterocycles. The van der Waals surface area contributed by atoms with Gasteiger partial charge in [0.2, 0.25) is 10.0 Å². The fourth-order valence-electron chi connectivity index (χ4n) is 2.06. The van der Waals surface area contributed by atoms with Crippen LogP contribution >= 0.6 is 0 Å². The van der Waals surface area contributed by atoms with E-state index >= 15 is 0 Å². The molecule has 1 rings (SSSR count). The molecule has 2 N–H and O–H groups in total. The van der Waals surface area contributed by atoms with Gasteiger partial charge >= 0.3 is 5.97 Å². The van der Waals surface area contributed by atoms with Crippen LogP contribution in [-0.2, 0) is 14.8 Å². The summed E-state index contributed by atoms with van der Waals surface area (Å²) in [5, 5.41) is 16.7. The molecule has 17 heavy (non-hydrogen) atoms. The highest BCUT2D eigenvalue weighted by molar-refractivity contribution is 7.90. The summed E-state index contributed by atoms with van der Waals surface area (Å²) in [5.74, 6) is -1.16. The highest BCUT2D eigenvalue weighted by atomic mass is 32.2. The molecule has 1 aliphatic rings. The number of sulfonamides is 1. The fraction of sp³-hybridized carbons (Fsp3) is 0.800. The molecule has 0 aromatic rings. The highest BCUT2D eigenvalue weighted by Gasteiger charge is 2.45. The third-order valence-electron chi connectivity index (χ3n) is 3.09. The van der Waals surface area contributed by atoms with Crippen molar-refractivity contribution < 1.29 is 18.3 Å². The minimum Gasteiger partial charge on any atom is -0.480 e. The van der Waals surface area contributed by atoms with Crippen molar-refractivity contribution in [3.05, 3.63) is 0 Å². The van der Waals surface area contributed by atoms with Crippen molar-refractivity contribution in [2.45, 2.75) is 49.8 Å². The van der Waals surface area contributed by atoms with Gasteiger partial charge in [-0.25, -0.2) is 8.42 Å². The van der Waals surface area contributed by atoms with E-state index in [0.717, 1.165) is 0 Å². The molecule has 0 aliphatic heterocycles. The molecule has 0 spiro atoms. The second-order valence-electron chi connectivity index (χ2n) is 4.27. The SMILES string of the molecule is CCC(C#N)S(=O)(=O)NC1(C(=O)O)CCCC1. The maximum absolute atomic E-state index is 11.9. The average Bonchev–Trinajstić information content (AvgIpc) is 2.68. The van der Waals surface area contributed by atoms with Gasteiger partial charge in [0.05, 0.1) is 6.07 Å². The third-order valence-corrected chi connectivity index (χ3v) is 4.96. The quantitative estimate of drug-likeness (QED) is 0.752. The molecular weight excluding hydrogens is 244 g/mol. The van der Waals surface area contributed by atoms with Crippen LogP contribution in [0.1, 0.15) is 39.0 Å². The highest BCUT2D eigenvalue weighted by Crippen LogP contribution is 2.31. The number of hydrogen-bond acceptors (Lipinski definition) is 4. The van der Waals surface area contributed by atoms with E-state index in [4.69, 9.17) is 10.4 Å². The molecule has 1 aliphatic carbocycles. The molecule has 0 radical (unpaired) electrons. The van der Waals surface area contributed by atoms with Gasteiger partial charge in [0.25, 0.3) is 0 Å². The van der Waals surface area contributed by atoms with Gasteiger partial charge in [-0.1, -0.05) is 19.8 Å². The van der Waals surface area contributed by atoms with Gasteiger partial charge in [-0.05, 0) is 19.3 Å². The Hall–Kier alpha value is -1.13. The van der Waals surface area contributed by atoms with Gasteiger partial charge in [0, 0.05) is 0 Å². The number of aliphatic carboxylic acids is 1. The van der Waals surface area contributed by atoms with Gasteiger partial charge in [0.15, 0.2) is 5.25 Å². The zero-order valence-corrected chi connectivity index (χ0v) is 10.5. The number of nitrogens with one attached hydrogen (secondary N) is 1. The number of rotatable bonds is 5. The van der Waals surface area contributed by atoms with Crippen molar-refractivity contribution in [2.24, 2.45) is 0 Å². The van der Waals surface area contributed by atoms with Crippen molar-refractivity contribution in [3.63, 3.8) is 0 Å². The van der Waals surface area contributed by atoms with Crippen molar-refractivity contribution in [1.82, 2.24) is 4.72 Å². The first-order chi connectivity index (χ1) is 7.88. The zero-order valence-electron chi connectivity index (χ0n) is 9.64. The Labute approximate surface area is 101 Å². The van der Waals surface area contributed by atoms with E-state index in [1.165, 1.54) is 0 Å². The van der Waals surface area contributed by atoms with Gasteiger partial charge in [-0.2, -0.15) is 9.98 Å². The molecule has 0 bridgehead atoms. The van der Waals surface area contributed by atoms with Gasteiger partial charge < -0.3 is 5.11 Å². The zero-order chi connectivity index (χ0) is 13.1. The van der Waals surface area contributed by atoms with Crippen LogP contribution in [0.5, 0.6) is 0 Å². The monoisotopic (exact) mass is 260 g/mol. The molecule has 0 saturated heterocycles. The Kier molecular flexibility index (Phi) is 4.11. The molecule has 7 heteroatoms. The molecule has 0 aromatic carbocycles. The molecule has 0 amide bonds. The molecule has 6 nitrogen and oxygen atoms in total. The lowest BCUT2D eigenvalue weighted by Gasteiger charge is -2.26. The Morgan fingerprint density at radius 1 is 1.53 bits per heavy atom. The maximum Gasteiger partial charge on any atom is 0.324 e. The Morgan fingerprint density at radius 3 is 2.41 bits per heavy atom. The summed E-state index contributed by atoms with van der Waals surface area (Å²) >= 11 is 0. The minimum atomic E-state index is -3.90. The second-order valence-corrected chi connectivity index (χ2v) is 6.13. The van der Waals surface area contributed by atoms with Crippen LogP contribution in [0.2, 0.25) is 0 Å². The van der Waals surface area contributed by atoms with E-state index in [-0.39, 0.29) is 19.3 Å². The fourth-order valence-corrected chi connectivity index (χ4v) is 3.62. The first kappa shape index (κ1) is 13.9. The van der Waals surface area contributed by atoms with Crippen LogP contribution in [-0.4, -0.2) is 30.3 Å². The lowest BCUT2D eigenvalue weighted by atomic mass is 10.0. The first-order valence-electron chi connectivity index (χ1n) is 5.54. The summed E-state index contributed by atoms with van der Waals surface area (Å²) in [5.41, 5.74) is -1.41. The summed E-state index contributed by atoms with van der Waals surface area (Å²) in [6.45, 7) is 1.58. The van der Waals surface area contributed by atoms with E-state index < -0.39 is 26.8 Å². The second kappa shape index (κ2) is 5.02. The van der Waals surface area contributed by atoms with Crippen molar-refractivity contribution in [1.29, 1.82) is 5.26 Å². The van der Waals surface area contributed by atoms with Gasteiger partial charge in [-0.15, -0.1) is 0 Å². The summed E-state index contributed by atoms with van der Waals surface area (Å²) < 4.78 is 25.9. The Bertz CT molecular complexity index is 432. The van der Waals surface area contributed by atoms with Crippen LogP contribution in [0.4, 0.5) is 0 Å². The van der Waals surface area contributed by atoms with Gasteiger partial charge in [-0.3, -0.25) is 4.79 Å². The number of carboxylic acid groups (broad SMARTS) is 1. The third kappa shape index (κ3) is 2.76. The predicted molar refractivity (Wildman–Crippen MR) is 60.6 cm³/mol. The minimum absolute atomic E-state index is 0.140. The van der Waals surface area contributed by atoms with E-state index in [9.17, 15) is 13.2 Å². The Balaban J connectivity index is 2.96. The topological polar surface area (TPSA) is 107 Å².